The monoisotopic (exact) mass is 236 g/mol. The SMILES string of the molecule is CCn1cc(CC(N)c2cnc(C)s2)cn1. The molecule has 2 rings (SSSR count). The quantitative estimate of drug-likeness (QED) is 0.882. The van der Waals surface area contributed by atoms with Crippen LogP contribution in [0.1, 0.15) is 28.4 Å². The van der Waals surface area contributed by atoms with E-state index in [1.165, 1.54) is 5.56 Å². The molecule has 0 aromatic carbocycles. The lowest BCUT2D eigenvalue weighted by atomic mass is 10.1. The van der Waals surface area contributed by atoms with Crippen LogP contribution >= 0.6 is 11.3 Å². The van der Waals surface area contributed by atoms with Crippen molar-refractivity contribution in [2.45, 2.75) is 32.9 Å². The molecule has 0 aliphatic rings. The van der Waals surface area contributed by atoms with E-state index in [0.717, 1.165) is 22.9 Å². The molecule has 0 spiro atoms. The van der Waals surface area contributed by atoms with Crippen LogP contribution < -0.4 is 5.73 Å². The minimum atomic E-state index is 0.0284. The van der Waals surface area contributed by atoms with Crippen molar-refractivity contribution in [3.8, 4) is 0 Å². The van der Waals surface area contributed by atoms with Crippen molar-refractivity contribution in [1.29, 1.82) is 0 Å². The number of hydrogen-bond donors (Lipinski definition) is 1. The van der Waals surface area contributed by atoms with E-state index in [1.54, 1.807) is 11.3 Å². The van der Waals surface area contributed by atoms with Gasteiger partial charge in [-0.05, 0) is 25.8 Å². The van der Waals surface area contributed by atoms with Crippen molar-refractivity contribution >= 4 is 11.3 Å². The molecule has 16 heavy (non-hydrogen) atoms. The largest absolute Gasteiger partial charge is 0.323 e. The Bertz CT molecular complexity index is 460. The van der Waals surface area contributed by atoms with Gasteiger partial charge in [-0.15, -0.1) is 11.3 Å². The van der Waals surface area contributed by atoms with Gasteiger partial charge >= 0.3 is 0 Å². The maximum absolute atomic E-state index is 6.12. The Labute approximate surface area is 99.1 Å². The molecule has 2 N–H and O–H groups in total. The lowest BCUT2D eigenvalue weighted by Gasteiger charge is -2.06. The zero-order valence-electron chi connectivity index (χ0n) is 9.55. The van der Waals surface area contributed by atoms with Crippen LogP contribution in [0.25, 0.3) is 0 Å². The maximum Gasteiger partial charge on any atom is 0.0897 e. The van der Waals surface area contributed by atoms with Gasteiger partial charge in [-0.1, -0.05) is 0 Å². The smallest absolute Gasteiger partial charge is 0.0897 e. The summed E-state index contributed by atoms with van der Waals surface area (Å²) in [6.07, 6.45) is 6.63. The molecule has 0 saturated heterocycles. The average Bonchev–Trinajstić information content (AvgIpc) is 2.87. The summed E-state index contributed by atoms with van der Waals surface area (Å²) in [7, 11) is 0. The molecule has 0 radical (unpaired) electrons. The molecule has 0 aliphatic carbocycles. The summed E-state index contributed by atoms with van der Waals surface area (Å²) < 4.78 is 1.92. The van der Waals surface area contributed by atoms with Crippen LogP contribution in [0.3, 0.4) is 0 Å². The number of nitrogens with zero attached hydrogens (tertiary/aromatic N) is 3. The Morgan fingerprint density at radius 3 is 2.88 bits per heavy atom. The standard InChI is InChI=1S/C11H16N4S/c1-3-15-7-9(5-14-15)4-10(12)11-6-13-8(2)16-11/h5-7,10H,3-4,12H2,1-2H3. The van der Waals surface area contributed by atoms with E-state index in [-0.39, 0.29) is 6.04 Å². The van der Waals surface area contributed by atoms with E-state index in [2.05, 4.69) is 17.0 Å². The number of rotatable bonds is 4. The summed E-state index contributed by atoms with van der Waals surface area (Å²) >= 11 is 1.66. The van der Waals surface area contributed by atoms with Crippen molar-refractivity contribution in [2.75, 3.05) is 0 Å². The van der Waals surface area contributed by atoms with E-state index in [4.69, 9.17) is 5.73 Å². The normalized spacial score (nSPS) is 12.9. The van der Waals surface area contributed by atoms with Crippen molar-refractivity contribution in [1.82, 2.24) is 14.8 Å². The first-order valence-electron chi connectivity index (χ1n) is 5.38. The zero-order chi connectivity index (χ0) is 11.5. The summed E-state index contributed by atoms with van der Waals surface area (Å²) in [5.41, 5.74) is 7.31. The molecule has 0 amide bonds. The van der Waals surface area contributed by atoms with Gasteiger partial charge in [0.2, 0.25) is 0 Å². The first-order valence-corrected chi connectivity index (χ1v) is 6.20. The number of thiazole rings is 1. The predicted octanol–water partition coefficient (Wildman–Crippen LogP) is 1.91. The highest BCUT2D eigenvalue weighted by molar-refractivity contribution is 7.11. The van der Waals surface area contributed by atoms with Crippen LogP contribution in [0.2, 0.25) is 0 Å². The molecule has 0 fully saturated rings. The second-order valence-electron chi connectivity index (χ2n) is 3.80. The van der Waals surface area contributed by atoms with E-state index in [1.807, 2.05) is 30.2 Å². The number of aryl methyl sites for hydroxylation is 2. The Morgan fingerprint density at radius 1 is 1.50 bits per heavy atom. The molecule has 86 valence electrons. The van der Waals surface area contributed by atoms with Crippen LogP contribution in [-0.2, 0) is 13.0 Å². The van der Waals surface area contributed by atoms with Gasteiger partial charge in [0.25, 0.3) is 0 Å². The fraction of sp³-hybridized carbons (Fsp3) is 0.455. The molecule has 2 heterocycles. The van der Waals surface area contributed by atoms with Crippen LogP contribution in [0.5, 0.6) is 0 Å². The van der Waals surface area contributed by atoms with Gasteiger partial charge < -0.3 is 5.73 Å². The van der Waals surface area contributed by atoms with Gasteiger partial charge in [0.15, 0.2) is 0 Å². The molecule has 1 unspecified atom stereocenters. The molecular weight excluding hydrogens is 220 g/mol. The van der Waals surface area contributed by atoms with Crippen molar-refractivity contribution in [3.63, 3.8) is 0 Å². The molecule has 2 aromatic heterocycles. The Kier molecular flexibility index (Phi) is 3.36. The lowest BCUT2D eigenvalue weighted by Crippen LogP contribution is -2.11. The molecule has 0 aliphatic heterocycles. The minimum absolute atomic E-state index is 0.0284. The zero-order valence-corrected chi connectivity index (χ0v) is 10.4. The van der Waals surface area contributed by atoms with Crippen LogP contribution in [0.15, 0.2) is 18.6 Å². The topological polar surface area (TPSA) is 56.7 Å². The number of aromatic nitrogens is 3. The summed E-state index contributed by atoms with van der Waals surface area (Å²) in [6, 6.07) is 0.0284. The summed E-state index contributed by atoms with van der Waals surface area (Å²) in [6.45, 7) is 4.97. The molecule has 5 heteroatoms. The van der Waals surface area contributed by atoms with Crippen LogP contribution in [-0.4, -0.2) is 14.8 Å². The summed E-state index contributed by atoms with van der Waals surface area (Å²) in [5.74, 6) is 0. The predicted molar refractivity (Wildman–Crippen MR) is 65.4 cm³/mol. The van der Waals surface area contributed by atoms with Crippen LogP contribution in [0.4, 0.5) is 0 Å². The highest BCUT2D eigenvalue weighted by atomic mass is 32.1. The molecule has 0 saturated carbocycles. The fourth-order valence-corrected chi connectivity index (χ4v) is 2.38. The summed E-state index contributed by atoms with van der Waals surface area (Å²) in [5, 5.41) is 5.30. The van der Waals surface area contributed by atoms with Crippen molar-refractivity contribution in [3.05, 3.63) is 34.0 Å². The lowest BCUT2D eigenvalue weighted by molar-refractivity contribution is 0.657. The van der Waals surface area contributed by atoms with E-state index in [0.29, 0.717) is 0 Å². The highest BCUT2D eigenvalue weighted by Gasteiger charge is 2.11. The Balaban J connectivity index is 2.04. The van der Waals surface area contributed by atoms with E-state index < -0.39 is 0 Å². The third kappa shape index (κ3) is 2.48. The molecule has 0 bridgehead atoms. The van der Waals surface area contributed by atoms with Gasteiger partial charge in [0, 0.05) is 29.9 Å². The maximum atomic E-state index is 6.12. The van der Waals surface area contributed by atoms with Crippen molar-refractivity contribution < 1.29 is 0 Å². The van der Waals surface area contributed by atoms with Crippen LogP contribution in [0, 0.1) is 6.92 Å². The number of nitrogens with two attached hydrogens (primary N) is 1. The Morgan fingerprint density at radius 2 is 2.31 bits per heavy atom. The van der Waals surface area contributed by atoms with Gasteiger partial charge in [0.05, 0.1) is 11.2 Å². The first-order chi connectivity index (χ1) is 7.69. The molecule has 1 atom stereocenters. The molecule has 4 nitrogen and oxygen atoms in total. The van der Waals surface area contributed by atoms with E-state index >= 15 is 0 Å². The van der Waals surface area contributed by atoms with Gasteiger partial charge in [-0.25, -0.2) is 4.98 Å². The minimum Gasteiger partial charge on any atom is -0.323 e. The number of hydrogen-bond acceptors (Lipinski definition) is 4. The second kappa shape index (κ2) is 4.76. The van der Waals surface area contributed by atoms with Gasteiger partial charge in [-0.3, -0.25) is 4.68 Å². The second-order valence-corrected chi connectivity index (χ2v) is 5.06. The fourth-order valence-electron chi connectivity index (χ4n) is 1.59. The third-order valence-corrected chi connectivity index (χ3v) is 3.52. The third-order valence-electron chi connectivity index (χ3n) is 2.47. The Hall–Kier alpha value is -1.20. The van der Waals surface area contributed by atoms with Gasteiger partial charge in [0.1, 0.15) is 0 Å². The van der Waals surface area contributed by atoms with Gasteiger partial charge in [-0.2, -0.15) is 5.10 Å². The molecular formula is C11H16N4S. The first kappa shape index (κ1) is 11.3. The molecule has 2 aromatic rings. The highest BCUT2D eigenvalue weighted by Crippen LogP contribution is 2.21. The van der Waals surface area contributed by atoms with Crippen molar-refractivity contribution in [2.24, 2.45) is 5.73 Å². The summed E-state index contributed by atoms with van der Waals surface area (Å²) in [4.78, 5) is 5.36. The average molecular weight is 236 g/mol. The van der Waals surface area contributed by atoms with E-state index in [9.17, 15) is 0 Å².